The molecule has 204 valence electrons. The number of carbonyl (C=O) groups excluding carboxylic acids is 3. The molecule has 3 aliphatic heterocycles. The summed E-state index contributed by atoms with van der Waals surface area (Å²) in [5.74, 6) is -2.17. The Kier molecular flexibility index (Phi) is 7.23. The number of aliphatic hydroxyl groups excluding tert-OH is 1. The number of fused-ring (bicyclic) bond motifs is 1. The average molecular weight is 514 g/mol. The van der Waals surface area contributed by atoms with Crippen molar-refractivity contribution in [2.24, 2.45) is 23.7 Å². The van der Waals surface area contributed by atoms with Crippen LogP contribution in [0.2, 0.25) is 0 Å². The van der Waals surface area contributed by atoms with E-state index in [0.717, 1.165) is 5.56 Å². The van der Waals surface area contributed by atoms with Gasteiger partial charge in [-0.25, -0.2) is 0 Å². The number of hydrogen-bond donors (Lipinski definition) is 3. The quantitative estimate of drug-likeness (QED) is 0.495. The zero-order valence-corrected chi connectivity index (χ0v) is 23.2. The number of aliphatic hydroxyl groups is 1. The molecule has 4 rings (SSSR count). The Morgan fingerprint density at radius 2 is 1.84 bits per heavy atom. The lowest BCUT2D eigenvalue weighted by Crippen LogP contribution is -2.60. The van der Waals surface area contributed by atoms with Crippen molar-refractivity contribution in [3.63, 3.8) is 0 Å². The zero-order chi connectivity index (χ0) is 27.3. The van der Waals surface area contributed by atoms with Crippen molar-refractivity contribution < 1.29 is 24.2 Å². The maximum absolute atomic E-state index is 14.2. The fourth-order valence-corrected chi connectivity index (χ4v) is 6.92. The number of ether oxygens (including phenoxy) is 1. The molecule has 7 atom stereocenters. The van der Waals surface area contributed by atoms with Crippen LogP contribution in [-0.2, 0) is 25.7 Å². The molecule has 1 aromatic carbocycles. The molecule has 8 nitrogen and oxygen atoms in total. The standard InChI is InChI=1S/C29H43N3O5/c1-17(2)13-20(16-33)32-23(25(35)31-27(4,5)6)29-14-18(3)28(7,37-29)21(22(29)26(32)36)24(34)30-15-19-11-9-8-10-12-19/h8-12,17-18,20-23,33H,13-16H2,1-7H3,(H,30,34)(H,31,35)/t18?,20-,21+,22+,23?,28-,29?/m1/s1. The van der Waals surface area contributed by atoms with Gasteiger partial charge in [-0.05, 0) is 57.9 Å². The highest BCUT2D eigenvalue weighted by molar-refractivity contribution is 5.99. The Labute approximate surface area is 220 Å². The van der Waals surface area contributed by atoms with Crippen LogP contribution in [0.3, 0.4) is 0 Å². The molecule has 2 bridgehead atoms. The first-order chi connectivity index (χ1) is 17.2. The van der Waals surface area contributed by atoms with Crippen molar-refractivity contribution in [3.05, 3.63) is 35.9 Å². The second-order valence-corrected chi connectivity index (χ2v) is 12.9. The van der Waals surface area contributed by atoms with Gasteiger partial charge in [0.05, 0.1) is 30.1 Å². The van der Waals surface area contributed by atoms with Crippen LogP contribution < -0.4 is 10.6 Å². The second kappa shape index (κ2) is 9.70. The predicted molar refractivity (Wildman–Crippen MR) is 140 cm³/mol. The van der Waals surface area contributed by atoms with Gasteiger partial charge in [-0.2, -0.15) is 0 Å². The van der Waals surface area contributed by atoms with Gasteiger partial charge in [0, 0.05) is 12.1 Å². The molecule has 1 aromatic rings. The molecule has 0 aliphatic carbocycles. The molecule has 0 saturated carbocycles. The third kappa shape index (κ3) is 4.67. The highest BCUT2D eigenvalue weighted by Gasteiger charge is 2.80. The summed E-state index contributed by atoms with van der Waals surface area (Å²) < 4.78 is 6.75. The van der Waals surface area contributed by atoms with Gasteiger partial charge in [0.1, 0.15) is 11.6 Å². The zero-order valence-electron chi connectivity index (χ0n) is 23.2. The van der Waals surface area contributed by atoms with E-state index >= 15 is 0 Å². The van der Waals surface area contributed by atoms with E-state index in [1.165, 1.54) is 0 Å². The van der Waals surface area contributed by atoms with Gasteiger partial charge < -0.3 is 25.4 Å². The number of nitrogens with zero attached hydrogens (tertiary/aromatic N) is 1. The van der Waals surface area contributed by atoms with Gasteiger partial charge in [-0.1, -0.05) is 51.1 Å². The molecule has 0 aromatic heterocycles. The third-order valence-electron chi connectivity index (χ3n) is 8.44. The number of rotatable bonds is 8. The molecule has 3 N–H and O–H groups in total. The van der Waals surface area contributed by atoms with E-state index in [-0.39, 0.29) is 36.2 Å². The van der Waals surface area contributed by atoms with E-state index in [2.05, 4.69) is 10.6 Å². The van der Waals surface area contributed by atoms with Crippen LogP contribution in [0.4, 0.5) is 0 Å². The van der Waals surface area contributed by atoms with Crippen molar-refractivity contribution in [1.82, 2.24) is 15.5 Å². The Morgan fingerprint density at radius 1 is 1.19 bits per heavy atom. The summed E-state index contributed by atoms with van der Waals surface area (Å²) in [6.45, 7) is 13.8. The molecule has 0 radical (unpaired) electrons. The first kappa shape index (κ1) is 27.6. The fourth-order valence-electron chi connectivity index (χ4n) is 6.92. The van der Waals surface area contributed by atoms with E-state index < -0.39 is 40.7 Å². The Balaban J connectivity index is 1.74. The summed E-state index contributed by atoms with van der Waals surface area (Å²) in [5, 5.41) is 16.4. The van der Waals surface area contributed by atoms with E-state index in [4.69, 9.17) is 4.74 Å². The lowest BCUT2D eigenvalue weighted by molar-refractivity contribution is -0.151. The maximum atomic E-state index is 14.2. The molecule has 3 unspecified atom stereocenters. The van der Waals surface area contributed by atoms with E-state index in [1.807, 2.05) is 78.8 Å². The summed E-state index contributed by atoms with van der Waals surface area (Å²) in [7, 11) is 0. The van der Waals surface area contributed by atoms with Crippen molar-refractivity contribution >= 4 is 17.7 Å². The Bertz CT molecular complexity index is 1040. The molecule has 3 aliphatic rings. The van der Waals surface area contributed by atoms with Crippen molar-refractivity contribution in [3.8, 4) is 0 Å². The molecule has 3 saturated heterocycles. The minimum absolute atomic E-state index is 0.0356. The number of amides is 3. The topological polar surface area (TPSA) is 108 Å². The summed E-state index contributed by atoms with van der Waals surface area (Å²) in [5.41, 5.74) is -1.56. The van der Waals surface area contributed by atoms with Crippen molar-refractivity contribution in [1.29, 1.82) is 0 Å². The maximum Gasteiger partial charge on any atom is 0.246 e. The highest BCUT2D eigenvalue weighted by atomic mass is 16.5. The van der Waals surface area contributed by atoms with Gasteiger partial charge in [-0.3, -0.25) is 14.4 Å². The van der Waals surface area contributed by atoms with Gasteiger partial charge in [0.15, 0.2) is 0 Å². The van der Waals surface area contributed by atoms with Crippen LogP contribution in [0.15, 0.2) is 30.3 Å². The molecule has 1 spiro atoms. The van der Waals surface area contributed by atoms with E-state index in [1.54, 1.807) is 4.90 Å². The van der Waals surface area contributed by atoms with Crippen molar-refractivity contribution in [2.45, 2.75) is 96.7 Å². The van der Waals surface area contributed by atoms with Gasteiger partial charge >= 0.3 is 0 Å². The van der Waals surface area contributed by atoms with Gasteiger partial charge in [0.2, 0.25) is 17.7 Å². The minimum atomic E-state index is -1.13. The van der Waals surface area contributed by atoms with E-state index in [0.29, 0.717) is 19.4 Å². The van der Waals surface area contributed by atoms with E-state index in [9.17, 15) is 19.5 Å². The van der Waals surface area contributed by atoms with Gasteiger partial charge in [0.25, 0.3) is 0 Å². The van der Waals surface area contributed by atoms with Crippen LogP contribution in [0.5, 0.6) is 0 Å². The predicted octanol–water partition coefficient (Wildman–Crippen LogP) is 2.64. The average Bonchev–Trinajstić information content (AvgIpc) is 3.32. The largest absolute Gasteiger partial charge is 0.394 e. The number of likely N-dealkylation sites (tertiary alicyclic amines) is 1. The summed E-state index contributed by atoms with van der Waals surface area (Å²) in [6, 6.07) is 8.18. The molecule has 3 heterocycles. The highest BCUT2D eigenvalue weighted by Crippen LogP contribution is 2.65. The Hall–Kier alpha value is -2.45. The fraction of sp³-hybridized carbons (Fsp3) is 0.690. The normalized spacial score (nSPS) is 33.5. The molecule has 3 fully saturated rings. The lowest BCUT2D eigenvalue weighted by atomic mass is 9.62. The van der Waals surface area contributed by atoms with Gasteiger partial charge in [-0.15, -0.1) is 0 Å². The molecule has 8 heteroatoms. The van der Waals surface area contributed by atoms with Crippen LogP contribution in [0.1, 0.15) is 66.9 Å². The number of benzene rings is 1. The summed E-state index contributed by atoms with van der Waals surface area (Å²) >= 11 is 0. The third-order valence-corrected chi connectivity index (χ3v) is 8.44. The summed E-state index contributed by atoms with van der Waals surface area (Å²) in [4.78, 5) is 43.4. The second-order valence-electron chi connectivity index (χ2n) is 12.9. The number of hydrogen-bond acceptors (Lipinski definition) is 5. The molecule has 37 heavy (non-hydrogen) atoms. The first-order valence-electron chi connectivity index (χ1n) is 13.5. The first-order valence-corrected chi connectivity index (χ1v) is 13.5. The number of nitrogens with one attached hydrogen (secondary N) is 2. The Morgan fingerprint density at radius 3 is 2.41 bits per heavy atom. The van der Waals surface area contributed by atoms with Crippen LogP contribution >= 0.6 is 0 Å². The summed E-state index contributed by atoms with van der Waals surface area (Å²) in [6.07, 6.45) is 1.04. The van der Waals surface area contributed by atoms with Crippen LogP contribution in [-0.4, -0.2) is 63.2 Å². The molecular weight excluding hydrogens is 470 g/mol. The van der Waals surface area contributed by atoms with Crippen LogP contribution in [0.25, 0.3) is 0 Å². The monoisotopic (exact) mass is 513 g/mol. The minimum Gasteiger partial charge on any atom is -0.394 e. The van der Waals surface area contributed by atoms with Crippen molar-refractivity contribution in [2.75, 3.05) is 6.61 Å². The molecule has 3 amide bonds. The number of carbonyl (C=O) groups is 3. The molecular formula is C29H43N3O5. The smallest absolute Gasteiger partial charge is 0.246 e. The lowest BCUT2D eigenvalue weighted by Gasteiger charge is -2.39. The SMILES string of the molecule is CC(C)C[C@H](CO)N1C(=O)[C@@H]2[C@@H](C(=O)NCc3ccccc3)[C@]3(C)OC2(CC3C)C1C(=O)NC(C)(C)C. The van der Waals surface area contributed by atoms with Crippen LogP contribution in [0, 0.1) is 23.7 Å².